The van der Waals surface area contributed by atoms with Crippen LogP contribution in [-0.4, -0.2) is 47.6 Å². The molecule has 1 unspecified atom stereocenters. The summed E-state index contributed by atoms with van der Waals surface area (Å²) in [6, 6.07) is 1.25. The van der Waals surface area contributed by atoms with Crippen LogP contribution in [0.3, 0.4) is 0 Å². The molecular formula is C11H28N2O2Si. The standard InChI is InChI=1S/C11H28N2O2Si/c1-4-14-11(15-5-2)16(3)10-6-8-13-9-7-12/h11,13,16H,4-10,12H2,1-3H3. The highest BCUT2D eigenvalue weighted by Gasteiger charge is 2.18. The zero-order valence-electron chi connectivity index (χ0n) is 11.0. The highest BCUT2D eigenvalue weighted by molar-refractivity contribution is 6.58. The molecule has 0 aliphatic rings. The van der Waals surface area contributed by atoms with Crippen molar-refractivity contribution in [1.29, 1.82) is 0 Å². The molecule has 1 atom stereocenters. The summed E-state index contributed by atoms with van der Waals surface area (Å²) in [6.45, 7) is 10.5. The molecule has 4 nitrogen and oxygen atoms in total. The first-order chi connectivity index (χ1) is 7.76. The van der Waals surface area contributed by atoms with Crippen LogP contribution in [-0.2, 0) is 9.47 Å². The van der Waals surface area contributed by atoms with E-state index in [1.165, 1.54) is 12.5 Å². The molecule has 0 bridgehead atoms. The van der Waals surface area contributed by atoms with Gasteiger partial charge in [-0.3, -0.25) is 0 Å². The lowest BCUT2D eigenvalue weighted by molar-refractivity contribution is -0.0853. The molecule has 0 amide bonds. The smallest absolute Gasteiger partial charge is 0.138 e. The van der Waals surface area contributed by atoms with Crippen LogP contribution in [0.1, 0.15) is 20.3 Å². The van der Waals surface area contributed by atoms with Gasteiger partial charge in [-0.25, -0.2) is 0 Å². The molecule has 0 aliphatic heterocycles. The van der Waals surface area contributed by atoms with Gasteiger partial charge in [0.2, 0.25) is 0 Å². The summed E-state index contributed by atoms with van der Waals surface area (Å²) < 4.78 is 11.2. The molecule has 0 fully saturated rings. The average Bonchev–Trinajstić information content (AvgIpc) is 2.28. The third-order valence-electron chi connectivity index (χ3n) is 2.46. The third kappa shape index (κ3) is 8.24. The number of ether oxygens (including phenoxy) is 2. The van der Waals surface area contributed by atoms with Crippen LogP contribution in [0.15, 0.2) is 0 Å². The van der Waals surface area contributed by atoms with E-state index in [2.05, 4.69) is 11.9 Å². The molecule has 0 spiro atoms. The zero-order valence-corrected chi connectivity index (χ0v) is 12.2. The van der Waals surface area contributed by atoms with Gasteiger partial charge in [0, 0.05) is 26.3 Å². The second-order valence-electron chi connectivity index (χ2n) is 3.94. The Kier molecular flexibility index (Phi) is 11.6. The van der Waals surface area contributed by atoms with E-state index in [1.807, 2.05) is 13.8 Å². The molecule has 16 heavy (non-hydrogen) atoms. The molecule has 0 rings (SSSR count). The molecule has 0 aromatic heterocycles. The highest BCUT2D eigenvalue weighted by atomic mass is 28.3. The average molecular weight is 248 g/mol. The van der Waals surface area contributed by atoms with Gasteiger partial charge in [0.05, 0.1) is 0 Å². The van der Waals surface area contributed by atoms with Gasteiger partial charge in [0.1, 0.15) is 14.7 Å². The topological polar surface area (TPSA) is 56.5 Å². The first kappa shape index (κ1) is 16.1. The van der Waals surface area contributed by atoms with E-state index < -0.39 is 8.80 Å². The minimum absolute atomic E-state index is 0.0875. The quantitative estimate of drug-likeness (QED) is 0.321. The minimum atomic E-state index is -0.920. The maximum atomic E-state index is 5.62. The monoisotopic (exact) mass is 248 g/mol. The van der Waals surface area contributed by atoms with Gasteiger partial charge in [0.25, 0.3) is 0 Å². The van der Waals surface area contributed by atoms with Crippen molar-refractivity contribution in [3.05, 3.63) is 0 Å². The second kappa shape index (κ2) is 11.5. The van der Waals surface area contributed by atoms with Crippen molar-refractivity contribution in [2.24, 2.45) is 5.73 Å². The summed E-state index contributed by atoms with van der Waals surface area (Å²) in [5, 5.41) is 3.31. The molecule has 0 radical (unpaired) electrons. The van der Waals surface area contributed by atoms with Crippen molar-refractivity contribution < 1.29 is 9.47 Å². The number of nitrogens with one attached hydrogen (secondary N) is 1. The summed E-state index contributed by atoms with van der Waals surface area (Å²) in [7, 11) is -0.920. The molecule has 0 saturated heterocycles. The minimum Gasteiger partial charge on any atom is -0.357 e. The van der Waals surface area contributed by atoms with Gasteiger partial charge in [-0.2, -0.15) is 0 Å². The molecule has 0 aromatic carbocycles. The lowest BCUT2D eigenvalue weighted by Crippen LogP contribution is -2.34. The van der Waals surface area contributed by atoms with Crippen LogP contribution >= 0.6 is 0 Å². The maximum Gasteiger partial charge on any atom is 0.138 e. The summed E-state index contributed by atoms with van der Waals surface area (Å²) in [5.41, 5.74) is 5.40. The molecule has 98 valence electrons. The third-order valence-corrected chi connectivity index (χ3v) is 5.09. The van der Waals surface area contributed by atoms with E-state index in [9.17, 15) is 0 Å². The Morgan fingerprint density at radius 3 is 2.31 bits per heavy atom. The predicted octanol–water partition coefficient (Wildman–Crippen LogP) is 0.720. The maximum absolute atomic E-state index is 5.62. The van der Waals surface area contributed by atoms with Crippen LogP contribution < -0.4 is 11.1 Å². The number of hydrogen-bond acceptors (Lipinski definition) is 4. The summed E-state index contributed by atoms with van der Waals surface area (Å²) in [6.07, 6.45) is 1.20. The highest BCUT2D eigenvalue weighted by Crippen LogP contribution is 2.07. The van der Waals surface area contributed by atoms with E-state index >= 15 is 0 Å². The Bertz CT molecular complexity index is 144. The SMILES string of the molecule is CCOC(OCC)[SiH](C)CCCNCCN. The van der Waals surface area contributed by atoms with E-state index in [0.29, 0.717) is 6.54 Å². The van der Waals surface area contributed by atoms with Crippen molar-refractivity contribution >= 4 is 8.80 Å². The Labute approximate surface area is 101 Å². The fourth-order valence-corrected chi connectivity index (χ4v) is 3.78. The van der Waals surface area contributed by atoms with Crippen LogP contribution in [0.5, 0.6) is 0 Å². The van der Waals surface area contributed by atoms with Gasteiger partial charge >= 0.3 is 0 Å². The first-order valence-corrected chi connectivity index (χ1v) is 9.04. The van der Waals surface area contributed by atoms with Crippen molar-refractivity contribution in [3.8, 4) is 0 Å². The summed E-state index contributed by atoms with van der Waals surface area (Å²) >= 11 is 0. The summed E-state index contributed by atoms with van der Waals surface area (Å²) in [4.78, 5) is 0. The Morgan fingerprint density at radius 2 is 1.81 bits per heavy atom. The molecule has 0 aromatic rings. The normalized spacial score (nSPS) is 13.3. The number of hydrogen-bond donors (Lipinski definition) is 2. The summed E-state index contributed by atoms with van der Waals surface area (Å²) in [5.74, 6) is 0.0875. The molecule has 0 aliphatic carbocycles. The molecule has 0 heterocycles. The molecule has 0 saturated carbocycles. The lowest BCUT2D eigenvalue weighted by atomic mass is 10.5. The van der Waals surface area contributed by atoms with Gasteiger partial charge in [-0.1, -0.05) is 12.6 Å². The fourth-order valence-electron chi connectivity index (χ4n) is 1.62. The van der Waals surface area contributed by atoms with Crippen molar-refractivity contribution in [2.75, 3.05) is 32.8 Å². The fraction of sp³-hybridized carbons (Fsp3) is 1.00. The Hall–Kier alpha value is 0.0569. The van der Waals surface area contributed by atoms with Crippen LogP contribution in [0, 0.1) is 0 Å². The first-order valence-electron chi connectivity index (χ1n) is 6.40. The van der Waals surface area contributed by atoms with Gasteiger partial charge in [0.15, 0.2) is 0 Å². The Morgan fingerprint density at radius 1 is 1.19 bits per heavy atom. The van der Waals surface area contributed by atoms with E-state index in [-0.39, 0.29) is 5.91 Å². The Balaban J connectivity index is 3.60. The molecule has 5 heteroatoms. The van der Waals surface area contributed by atoms with Crippen LogP contribution in [0.4, 0.5) is 0 Å². The predicted molar refractivity (Wildman–Crippen MR) is 71.4 cm³/mol. The van der Waals surface area contributed by atoms with Crippen molar-refractivity contribution in [2.45, 2.75) is 38.8 Å². The largest absolute Gasteiger partial charge is 0.357 e. The van der Waals surface area contributed by atoms with Crippen LogP contribution in [0.2, 0.25) is 12.6 Å². The van der Waals surface area contributed by atoms with E-state index in [1.54, 1.807) is 0 Å². The van der Waals surface area contributed by atoms with Gasteiger partial charge in [-0.15, -0.1) is 0 Å². The van der Waals surface area contributed by atoms with E-state index in [0.717, 1.165) is 26.3 Å². The molecular weight excluding hydrogens is 220 g/mol. The van der Waals surface area contributed by atoms with Crippen LogP contribution in [0.25, 0.3) is 0 Å². The zero-order chi connectivity index (χ0) is 12.2. The lowest BCUT2D eigenvalue weighted by Gasteiger charge is -2.22. The van der Waals surface area contributed by atoms with Gasteiger partial charge in [-0.05, 0) is 26.8 Å². The molecule has 3 N–H and O–H groups in total. The van der Waals surface area contributed by atoms with Gasteiger partial charge < -0.3 is 20.5 Å². The van der Waals surface area contributed by atoms with E-state index in [4.69, 9.17) is 15.2 Å². The second-order valence-corrected chi connectivity index (χ2v) is 7.01. The number of nitrogens with two attached hydrogens (primary N) is 1. The number of rotatable bonds is 11. The van der Waals surface area contributed by atoms with Crippen molar-refractivity contribution in [1.82, 2.24) is 5.32 Å². The van der Waals surface area contributed by atoms with Crippen molar-refractivity contribution in [3.63, 3.8) is 0 Å².